The number of rotatable bonds is 3. The molecule has 0 radical (unpaired) electrons. The standard InChI is InChI=1S/C17H14N2O4S/c1-10-15(17(21)14-5-3-2-4-13(14)16(10)20)19-11-6-8-12(9-7-11)24(18,22)23/h2-9,19H,1H3,(H2,18,22,23). The van der Waals surface area contributed by atoms with Crippen LogP contribution in [0.15, 0.2) is 64.7 Å². The summed E-state index contributed by atoms with van der Waals surface area (Å²) in [5.74, 6) is -0.493. The molecule has 0 saturated carbocycles. The number of benzene rings is 2. The van der Waals surface area contributed by atoms with E-state index < -0.39 is 10.0 Å². The molecule has 0 saturated heterocycles. The molecule has 0 heterocycles. The van der Waals surface area contributed by atoms with Crippen molar-refractivity contribution in [3.8, 4) is 0 Å². The molecule has 3 rings (SSSR count). The molecule has 2 aromatic carbocycles. The fraction of sp³-hybridized carbons (Fsp3) is 0.0588. The Morgan fingerprint density at radius 1 is 0.875 bits per heavy atom. The van der Waals surface area contributed by atoms with Crippen molar-refractivity contribution >= 4 is 27.3 Å². The molecule has 1 aliphatic rings. The lowest BCUT2D eigenvalue weighted by Crippen LogP contribution is -2.25. The first-order chi connectivity index (χ1) is 11.3. The average molecular weight is 342 g/mol. The number of nitrogens with two attached hydrogens (primary N) is 1. The van der Waals surface area contributed by atoms with Crippen LogP contribution in [0.2, 0.25) is 0 Å². The van der Waals surface area contributed by atoms with E-state index in [2.05, 4.69) is 5.32 Å². The Labute approximate surface area is 139 Å². The van der Waals surface area contributed by atoms with Crippen molar-refractivity contribution in [1.82, 2.24) is 0 Å². The zero-order valence-electron chi connectivity index (χ0n) is 12.7. The number of carbonyl (C=O) groups excluding carboxylic acids is 2. The smallest absolute Gasteiger partial charge is 0.238 e. The Hall–Kier alpha value is -2.77. The van der Waals surface area contributed by atoms with Gasteiger partial charge in [0, 0.05) is 22.4 Å². The van der Waals surface area contributed by atoms with Crippen molar-refractivity contribution in [3.63, 3.8) is 0 Å². The molecular formula is C17H14N2O4S. The van der Waals surface area contributed by atoms with Gasteiger partial charge in [0.1, 0.15) is 0 Å². The molecule has 3 N–H and O–H groups in total. The number of Topliss-reactive ketones (excluding diaryl/α,β-unsaturated/α-hetero) is 2. The number of nitrogens with one attached hydrogen (secondary N) is 1. The second-order valence-electron chi connectivity index (χ2n) is 5.40. The first-order valence-electron chi connectivity index (χ1n) is 7.08. The molecule has 6 nitrogen and oxygen atoms in total. The molecule has 0 amide bonds. The monoisotopic (exact) mass is 342 g/mol. The number of allylic oxidation sites excluding steroid dienone is 2. The van der Waals surface area contributed by atoms with Gasteiger partial charge in [-0.3, -0.25) is 9.59 Å². The van der Waals surface area contributed by atoms with Gasteiger partial charge in [0.25, 0.3) is 0 Å². The predicted octanol–water partition coefficient (Wildman–Crippen LogP) is 2.10. The van der Waals surface area contributed by atoms with E-state index in [0.29, 0.717) is 22.4 Å². The molecule has 24 heavy (non-hydrogen) atoms. The fourth-order valence-electron chi connectivity index (χ4n) is 2.52. The van der Waals surface area contributed by atoms with Crippen molar-refractivity contribution in [2.45, 2.75) is 11.8 Å². The number of carbonyl (C=O) groups is 2. The maximum atomic E-state index is 12.6. The molecule has 7 heteroatoms. The minimum Gasteiger partial charge on any atom is -0.352 e. The zero-order valence-corrected chi connectivity index (χ0v) is 13.6. The summed E-state index contributed by atoms with van der Waals surface area (Å²) in [7, 11) is -3.78. The van der Waals surface area contributed by atoms with Crippen LogP contribution in [-0.4, -0.2) is 20.0 Å². The number of hydrogen-bond donors (Lipinski definition) is 2. The van der Waals surface area contributed by atoms with E-state index in [1.807, 2.05) is 0 Å². The summed E-state index contributed by atoms with van der Waals surface area (Å²) in [6.45, 7) is 1.58. The number of ketones is 2. The van der Waals surface area contributed by atoms with Crippen LogP contribution in [0, 0.1) is 0 Å². The Balaban J connectivity index is 1.97. The summed E-state index contributed by atoms with van der Waals surface area (Å²) in [4.78, 5) is 25.0. The fourth-order valence-corrected chi connectivity index (χ4v) is 3.04. The molecule has 0 spiro atoms. The largest absolute Gasteiger partial charge is 0.352 e. The summed E-state index contributed by atoms with van der Waals surface area (Å²) in [5.41, 5.74) is 1.71. The van der Waals surface area contributed by atoms with Gasteiger partial charge in [-0.25, -0.2) is 13.6 Å². The van der Waals surface area contributed by atoms with E-state index >= 15 is 0 Å². The molecule has 0 atom stereocenters. The lowest BCUT2D eigenvalue weighted by Gasteiger charge is -2.20. The van der Waals surface area contributed by atoms with Crippen LogP contribution < -0.4 is 10.5 Å². The Morgan fingerprint density at radius 3 is 1.96 bits per heavy atom. The zero-order chi connectivity index (χ0) is 17.5. The van der Waals surface area contributed by atoms with Crippen LogP contribution >= 0.6 is 0 Å². The quantitative estimate of drug-likeness (QED) is 0.888. The van der Waals surface area contributed by atoms with Crippen LogP contribution in [-0.2, 0) is 10.0 Å². The molecule has 122 valence electrons. The van der Waals surface area contributed by atoms with Crippen LogP contribution in [0.5, 0.6) is 0 Å². The normalized spacial score (nSPS) is 14.6. The molecule has 1 aliphatic carbocycles. The highest BCUT2D eigenvalue weighted by molar-refractivity contribution is 7.89. The van der Waals surface area contributed by atoms with Crippen molar-refractivity contribution < 1.29 is 18.0 Å². The first kappa shape index (κ1) is 16.1. The highest BCUT2D eigenvalue weighted by Gasteiger charge is 2.29. The lowest BCUT2D eigenvalue weighted by atomic mass is 9.88. The van der Waals surface area contributed by atoms with E-state index in [1.54, 1.807) is 31.2 Å². The predicted molar refractivity (Wildman–Crippen MR) is 89.2 cm³/mol. The van der Waals surface area contributed by atoms with Crippen molar-refractivity contribution in [2.75, 3.05) is 5.32 Å². The van der Waals surface area contributed by atoms with Crippen LogP contribution in [0.4, 0.5) is 5.69 Å². The maximum absolute atomic E-state index is 12.6. The molecule has 0 aromatic heterocycles. The van der Waals surface area contributed by atoms with Crippen molar-refractivity contribution in [1.29, 1.82) is 0 Å². The Morgan fingerprint density at radius 2 is 1.42 bits per heavy atom. The van der Waals surface area contributed by atoms with E-state index in [4.69, 9.17) is 5.14 Å². The lowest BCUT2D eigenvalue weighted by molar-refractivity contribution is 0.0976. The van der Waals surface area contributed by atoms with Gasteiger partial charge in [-0.05, 0) is 31.2 Å². The molecule has 0 aliphatic heterocycles. The minimum atomic E-state index is -3.78. The van der Waals surface area contributed by atoms with Gasteiger partial charge in [-0.1, -0.05) is 24.3 Å². The summed E-state index contributed by atoms with van der Waals surface area (Å²) in [6.07, 6.45) is 0. The van der Waals surface area contributed by atoms with Crippen LogP contribution in [0.25, 0.3) is 0 Å². The number of anilines is 1. The number of sulfonamides is 1. The highest BCUT2D eigenvalue weighted by Crippen LogP contribution is 2.27. The number of fused-ring (bicyclic) bond motifs is 1. The van der Waals surface area contributed by atoms with Crippen LogP contribution in [0.3, 0.4) is 0 Å². The maximum Gasteiger partial charge on any atom is 0.238 e. The van der Waals surface area contributed by atoms with Gasteiger partial charge < -0.3 is 5.32 Å². The minimum absolute atomic E-state index is 0.0323. The van der Waals surface area contributed by atoms with E-state index in [1.165, 1.54) is 24.3 Å². The highest BCUT2D eigenvalue weighted by atomic mass is 32.2. The van der Waals surface area contributed by atoms with Gasteiger partial charge in [-0.15, -0.1) is 0 Å². The number of hydrogen-bond acceptors (Lipinski definition) is 5. The molecular weight excluding hydrogens is 328 g/mol. The van der Waals surface area contributed by atoms with Crippen LogP contribution in [0.1, 0.15) is 27.6 Å². The first-order valence-corrected chi connectivity index (χ1v) is 8.63. The van der Waals surface area contributed by atoms with E-state index in [9.17, 15) is 18.0 Å². The number of primary sulfonamides is 1. The van der Waals surface area contributed by atoms with Gasteiger partial charge in [0.2, 0.25) is 15.8 Å². The SMILES string of the molecule is CC1=C(Nc2ccc(S(N)(=O)=O)cc2)C(=O)c2ccccc2C1=O. The summed E-state index contributed by atoms with van der Waals surface area (Å²) >= 11 is 0. The van der Waals surface area contributed by atoms with E-state index in [0.717, 1.165) is 0 Å². The summed E-state index contributed by atoms with van der Waals surface area (Å²) in [6, 6.07) is 12.3. The molecule has 2 aromatic rings. The third-order valence-corrected chi connectivity index (χ3v) is 4.74. The molecule has 0 fully saturated rings. The van der Waals surface area contributed by atoms with Gasteiger partial charge in [0.15, 0.2) is 5.78 Å². The van der Waals surface area contributed by atoms with Crippen molar-refractivity contribution in [2.24, 2.45) is 5.14 Å². The summed E-state index contributed by atoms with van der Waals surface area (Å²) < 4.78 is 22.5. The van der Waals surface area contributed by atoms with Gasteiger partial charge >= 0.3 is 0 Å². The average Bonchev–Trinajstić information content (AvgIpc) is 2.56. The second kappa shape index (κ2) is 5.70. The third-order valence-electron chi connectivity index (χ3n) is 3.81. The summed E-state index contributed by atoms with van der Waals surface area (Å²) in [5, 5.41) is 7.95. The molecule has 0 bridgehead atoms. The Bertz CT molecular complexity index is 990. The molecule has 0 unspecified atom stereocenters. The van der Waals surface area contributed by atoms with Crippen molar-refractivity contribution in [3.05, 3.63) is 70.9 Å². The topological polar surface area (TPSA) is 106 Å². The third kappa shape index (κ3) is 2.75. The van der Waals surface area contributed by atoms with Gasteiger partial charge in [0.05, 0.1) is 10.6 Å². The van der Waals surface area contributed by atoms with E-state index in [-0.39, 0.29) is 22.2 Å². The second-order valence-corrected chi connectivity index (χ2v) is 6.96. The van der Waals surface area contributed by atoms with Gasteiger partial charge in [-0.2, -0.15) is 0 Å². The Kier molecular flexibility index (Phi) is 3.82.